The molecule has 0 bridgehead atoms. The second-order valence-electron chi connectivity index (χ2n) is 1.09. The fraction of sp³-hybridized carbons (Fsp3) is 0.333. The molecule has 0 unspecified atom stereocenters. The van der Waals surface area contributed by atoms with Crippen molar-refractivity contribution in [3.8, 4) is 0 Å². The Hall–Kier alpha value is -0.970. The van der Waals surface area contributed by atoms with Gasteiger partial charge in [-0.3, -0.25) is 0 Å². The van der Waals surface area contributed by atoms with Crippen LogP contribution in [0.5, 0.6) is 0 Å². The Morgan fingerprint density at radius 3 is 2.22 bits per heavy atom. The molecule has 0 aliphatic heterocycles. The van der Waals surface area contributed by atoms with Gasteiger partial charge < -0.3 is 10.5 Å². The summed E-state index contributed by atoms with van der Waals surface area (Å²) in [5.74, 6) is 0. The van der Waals surface area contributed by atoms with Crippen molar-refractivity contribution in [1.82, 2.24) is 4.42 Å². The zero-order valence-electron chi connectivity index (χ0n) is 4.63. The number of nitrogens with two attached hydrogens (primary N) is 1. The molecule has 5 nitrogen and oxygen atoms in total. The van der Waals surface area contributed by atoms with Gasteiger partial charge in [-0.15, -0.1) is 4.42 Å². The van der Waals surface area contributed by atoms with Crippen molar-refractivity contribution in [1.29, 1.82) is 0 Å². The van der Waals surface area contributed by atoms with E-state index in [4.69, 9.17) is 11.8 Å². The molecule has 0 atom stereocenters. The fourth-order valence-electron chi connectivity index (χ4n) is 0.170. The predicted molar refractivity (Wildman–Crippen MR) is 29.7 cm³/mol. The lowest BCUT2D eigenvalue weighted by molar-refractivity contribution is 0.153. The van der Waals surface area contributed by atoms with Crippen LogP contribution in [0.4, 0.5) is 9.59 Å². The lowest BCUT2D eigenvalue weighted by Gasteiger charge is -2.04. The van der Waals surface area contributed by atoms with Crippen LogP contribution in [0.1, 0.15) is 0 Å². The number of rotatable bonds is 0. The number of hydrogen-bond donors (Lipinski definition) is 1. The largest absolute Gasteiger partial charge is 0.452 e. The molecule has 0 spiro atoms. The lowest BCUT2D eigenvalue weighted by Crippen LogP contribution is -2.32. The predicted octanol–water partition coefficient (Wildman–Crippen LogP) is 0.287. The minimum Gasteiger partial charge on any atom is -0.452 e. The normalized spacial score (nSPS) is 8.22. The standard InChI is InChI=1S/C3H5ClN2O3/c1-9-3(8)6(4)2(5)7/h1H3,(H2,5,7). The number of amides is 3. The molecule has 0 aliphatic rings. The second-order valence-corrected chi connectivity index (χ2v) is 1.43. The van der Waals surface area contributed by atoms with Crippen LogP contribution < -0.4 is 5.73 Å². The zero-order chi connectivity index (χ0) is 7.44. The van der Waals surface area contributed by atoms with Crippen LogP contribution in [0.25, 0.3) is 0 Å². The van der Waals surface area contributed by atoms with Crippen LogP contribution in [0.3, 0.4) is 0 Å². The highest BCUT2D eigenvalue weighted by Crippen LogP contribution is 1.95. The number of methoxy groups -OCH3 is 1. The Kier molecular flexibility index (Phi) is 2.80. The van der Waals surface area contributed by atoms with Crippen LogP contribution in [-0.2, 0) is 4.74 Å². The molecule has 0 fully saturated rings. The molecule has 0 radical (unpaired) electrons. The van der Waals surface area contributed by atoms with Gasteiger partial charge in [0.2, 0.25) is 0 Å². The summed E-state index contributed by atoms with van der Waals surface area (Å²) in [4.78, 5) is 20.2. The van der Waals surface area contributed by atoms with Crippen LogP contribution in [0.15, 0.2) is 0 Å². The van der Waals surface area contributed by atoms with E-state index in [-0.39, 0.29) is 4.42 Å². The Morgan fingerprint density at radius 2 is 2.11 bits per heavy atom. The Bertz CT molecular complexity index is 137. The quantitative estimate of drug-likeness (QED) is 0.507. The maximum absolute atomic E-state index is 10.2. The van der Waals surface area contributed by atoms with Crippen molar-refractivity contribution >= 4 is 23.9 Å². The molecule has 0 aromatic heterocycles. The first kappa shape index (κ1) is 8.03. The highest BCUT2D eigenvalue weighted by atomic mass is 35.5. The summed E-state index contributed by atoms with van der Waals surface area (Å²) >= 11 is 4.95. The van der Waals surface area contributed by atoms with Gasteiger partial charge in [0.25, 0.3) is 0 Å². The molecular formula is C3H5ClN2O3. The summed E-state index contributed by atoms with van der Waals surface area (Å²) in [5, 5.41) is 0. The number of carbonyl (C=O) groups is 2. The average Bonchev–Trinajstić information content (AvgIpc) is 1.84. The number of carbonyl (C=O) groups excluding carboxylic acids is 2. The average molecular weight is 153 g/mol. The van der Waals surface area contributed by atoms with E-state index in [9.17, 15) is 9.59 Å². The summed E-state index contributed by atoms with van der Waals surface area (Å²) < 4.78 is 4.17. The number of primary amides is 1. The van der Waals surface area contributed by atoms with Gasteiger partial charge in [0, 0.05) is 11.8 Å². The molecule has 52 valence electrons. The van der Waals surface area contributed by atoms with Gasteiger partial charge in [0.05, 0.1) is 7.11 Å². The van der Waals surface area contributed by atoms with E-state index in [2.05, 4.69) is 10.5 Å². The van der Waals surface area contributed by atoms with Gasteiger partial charge in [-0.25, -0.2) is 9.59 Å². The number of ether oxygens (including phenoxy) is 1. The van der Waals surface area contributed by atoms with Crippen molar-refractivity contribution in [3.63, 3.8) is 0 Å². The van der Waals surface area contributed by atoms with Crippen LogP contribution in [0.2, 0.25) is 0 Å². The topological polar surface area (TPSA) is 72.6 Å². The minimum absolute atomic E-state index is 0.139. The Balaban J connectivity index is 3.88. The van der Waals surface area contributed by atoms with Gasteiger partial charge in [-0.2, -0.15) is 0 Å². The highest BCUT2D eigenvalue weighted by molar-refractivity contribution is 6.28. The van der Waals surface area contributed by atoms with E-state index in [0.717, 1.165) is 7.11 Å². The smallest absolute Gasteiger partial charge is 0.432 e. The van der Waals surface area contributed by atoms with Crippen LogP contribution >= 0.6 is 11.8 Å². The van der Waals surface area contributed by atoms with Crippen molar-refractivity contribution in [3.05, 3.63) is 0 Å². The van der Waals surface area contributed by atoms with E-state index in [1.165, 1.54) is 0 Å². The first-order chi connectivity index (χ1) is 4.09. The van der Waals surface area contributed by atoms with E-state index < -0.39 is 12.1 Å². The highest BCUT2D eigenvalue weighted by Gasteiger charge is 2.15. The molecule has 0 aromatic rings. The Morgan fingerprint density at radius 1 is 1.67 bits per heavy atom. The first-order valence-corrected chi connectivity index (χ1v) is 2.26. The summed E-state index contributed by atoms with van der Waals surface area (Å²) in [6.07, 6.45) is -0.996. The molecule has 2 N–H and O–H groups in total. The number of nitrogens with zero attached hydrogens (tertiary/aromatic N) is 1. The van der Waals surface area contributed by atoms with Crippen molar-refractivity contribution in [2.24, 2.45) is 5.73 Å². The molecule has 9 heavy (non-hydrogen) atoms. The SMILES string of the molecule is COC(=O)N(Cl)C(N)=O. The number of halogens is 1. The number of hydrogen-bond acceptors (Lipinski definition) is 3. The van der Waals surface area contributed by atoms with Crippen LogP contribution in [0, 0.1) is 0 Å². The van der Waals surface area contributed by atoms with Gasteiger partial charge in [0.1, 0.15) is 0 Å². The third-order valence-corrected chi connectivity index (χ3v) is 0.833. The molecular weight excluding hydrogens is 147 g/mol. The van der Waals surface area contributed by atoms with Gasteiger partial charge in [-0.1, -0.05) is 0 Å². The van der Waals surface area contributed by atoms with E-state index >= 15 is 0 Å². The van der Waals surface area contributed by atoms with E-state index in [0.29, 0.717) is 0 Å². The van der Waals surface area contributed by atoms with Gasteiger partial charge >= 0.3 is 12.1 Å². The maximum Gasteiger partial charge on any atom is 0.432 e. The third-order valence-electron chi connectivity index (χ3n) is 0.528. The van der Waals surface area contributed by atoms with Crippen molar-refractivity contribution < 1.29 is 14.3 Å². The number of urea groups is 1. The molecule has 0 aromatic carbocycles. The molecule has 0 heterocycles. The van der Waals surface area contributed by atoms with Crippen molar-refractivity contribution in [2.45, 2.75) is 0 Å². The summed E-state index contributed by atoms with van der Waals surface area (Å²) in [6, 6.07) is -1.07. The monoisotopic (exact) mass is 152 g/mol. The zero-order valence-corrected chi connectivity index (χ0v) is 5.38. The molecule has 3 amide bonds. The lowest BCUT2D eigenvalue weighted by atomic mass is 11.0. The molecule has 0 saturated carbocycles. The maximum atomic E-state index is 10.2. The molecule has 0 aliphatic carbocycles. The van der Waals surface area contributed by atoms with E-state index in [1.807, 2.05) is 0 Å². The third kappa shape index (κ3) is 2.18. The summed E-state index contributed by atoms with van der Waals surface area (Å²) in [5.41, 5.74) is 4.57. The second kappa shape index (κ2) is 3.13. The summed E-state index contributed by atoms with van der Waals surface area (Å²) in [6.45, 7) is 0. The van der Waals surface area contributed by atoms with Crippen molar-refractivity contribution in [2.75, 3.05) is 7.11 Å². The molecule has 6 heteroatoms. The first-order valence-electron chi connectivity index (χ1n) is 1.93. The fourth-order valence-corrected chi connectivity index (χ4v) is 0.239. The molecule has 0 saturated heterocycles. The van der Waals surface area contributed by atoms with Crippen LogP contribution in [-0.4, -0.2) is 23.7 Å². The number of imide groups is 1. The van der Waals surface area contributed by atoms with E-state index in [1.54, 1.807) is 0 Å². The van der Waals surface area contributed by atoms with Gasteiger partial charge in [0.15, 0.2) is 0 Å². The van der Waals surface area contributed by atoms with Gasteiger partial charge in [-0.05, 0) is 0 Å². The Labute approximate surface area is 56.4 Å². The minimum atomic E-state index is -1.07. The molecule has 0 rings (SSSR count). The summed E-state index contributed by atoms with van der Waals surface area (Å²) in [7, 11) is 1.08.